The molecule has 5 rings (SSSR count). The maximum absolute atomic E-state index is 12.6. The van der Waals surface area contributed by atoms with E-state index in [9.17, 15) is 4.79 Å². The van der Waals surface area contributed by atoms with Crippen LogP contribution in [0, 0.1) is 5.92 Å². The number of ether oxygens (including phenoxy) is 1. The summed E-state index contributed by atoms with van der Waals surface area (Å²) in [5.41, 5.74) is 2.12. The summed E-state index contributed by atoms with van der Waals surface area (Å²) < 4.78 is 5.56. The molecule has 0 saturated carbocycles. The molecule has 3 aliphatic rings. The van der Waals surface area contributed by atoms with Gasteiger partial charge in [-0.25, -0.2) is 4.79 Å². The first kappa shape index (κ1) is 17.0. The van der Waals surface area contributed by atoms with Crippen molar-refractivity contribution in [2.45, 2.75) is 32.0 Å². The Bertz CT molecular complexity index is 723. The number of carbonyl (C=O) groups is 1. The summed E-state index contributed by atoms with van der Waals surface area (Å²) in [6.07, 6.45) is 3.98. The topological polar surface area (TPSA) is 45.7 Å². The molecule has 0 radical (unpaired) electrons. The van der Waals surface area contributed by atoms with Crippen molar-refractivity contribution >= 4 is 6.09 Å². The lowest BCUT2D eigenvalue weighted by molar-refractivity contribution is 0.0908. The lowest BCUT2D eigenvalue weighted by Gasteiger charge is -2.35. The van der Waals surface area contributed by atoms with Crippen molar-refractivity contribution in [3.63, 3.8) is 0 Å². The Balaban J connectivity index is 1.37. The van der Waals surface area contributed by atoms with E-state index in [0.29, 0.717) is 18.6 Å². The van der Waals surface area contributed by atoms with E-state index in [2.05, 4.69) is 16.0 Å². The Labute approximate surface area is 154 Å². The number of nitrogens with zero attached hydrogens (tertiary/aromatic N) is 3. The van der Waals surface area contributed by atoms with E-state index in [0.717, 1.165) is 43.9 Å². The lowest BCUT2D eigenvalue weighted by atomic mass is 9.95. The van der Waals surface area contributed by atoms with Crippen molar-refractivity contribution in [3.8, 4) is 0 Å². The molecule has 1 amide bonds. The minimum absolute atomic E-state index is 0.189. The molecule has 0 N–H and O–H groups in total. The number of piperidine rings is 1. The Hall–Kier alpha value is -2.40. The highest BCUT2D eigenvalue weighted by Gasteiger charge is 2.37. The first-order valence-electron chi connectivity index (χ1n) is 9.37. The maximum Gasteiger partial charge on any atom is 0.410 e. The SMILES string of the molecule is O=C(OCc1ccccc1)N1C[C@H]2CC[C@@H](C1)N(Cc1ccccn1)C2. The smallest absolute Gasteiger partial charge is 0.410 e. The Kier molecular flexibility index (Phi) is 5.16. The molecule has 2 aromatic rings. The van der Waals surface area contributed by atoms with Gasteiger partial charge in [-0.1, -0.05) is 36.4 Å². The third-order valence-electron chi connectivity index (χ3n) is 5.38. The third-order valence-corrected chi connectivity index (χ3v) is 5.38. The Morgan fingerprint density at radius 3 is 2.69 bits per heavy atom. The molecule has 3 saturated heterocycles. The number of aromatic nitrogens is 1. The Morgan fingerprint density at radius 2 is 1.88 bits per heavy atom. The van der Waals surface area contributed by atoms with E-state index >= 15 is 0 Å². The fraction of sp³-hybridized carbons (Fsp3) is 0.429. The first-order valence-corrected chi connectivity index (χ1v) is 9.37. The summed E-state index contributed by atoms with van der Waals surface area (Å²) in [7, 11) is 0. The van der Waals surface area contributed by atoms with Gasteiger partial charge in [-0.3, -0.25) is 9.88 Å². The van der Waals surface area contributed by atoms with Crippen LogP contribution < -0.4 is 0 Å². The Morgan fingerprint density at radius 1 is 1.04 bits per heavy atom. The van der Waals surface area contributed by atoms with Gasteiger partial charge >= 0.3 is 6.09 Å². The molecule has 4 heterocycles. The van der Waals surface area contributed by atoms with Crippen molar-refractivity contribution in [2.24, 2.45) is 5.92 Å². The van der Waals surface area contributed by atoms with Gasteiger partial charge in [0.15, 0.2) is 0 Å². The number of benzene rings is 1. The minimum Gasteiger partial charge on any atom is -0.445 e. The summed E-state index contributed by atoms with van der Waals surface area (Å²) in [6, 6.07) is 16.3. The lowest BCUT2D eigenvalue weighted by Crippen LogP contribution is -2.44. The molecule has 2 bridgehead atoms. The van der Waals surface area contributed by atoms with E-state index in [-0.39, 0.29) is 6.09 Å². The zero-order valence-electron chi connectivity index (χ0n) is 15.0. The molecule has 2 atom stereocenters. The second-order valence-electron chi connectivity index (χ2n) is 7.29. The molecule has 0 aliphatic carbocycles. The van der Waals surface area contributed by atoms with Crippen LogP contribution in [0.2, 0.25) is 0 Å². The van der Waals surface area contributed by atoms with Crippen molar-refractivity contribution in [3.05, 3.63) is 66.0 Å². The van der Waals surface area contributed by atoms with Crippen LogP contribution in [0.15, 0.2) is 54.7 Å². The molecule has 3 fully saturated rings. The summed E-state index contributed by atoms with van der Waals surface area (Å²) in [5.74, 6) is 0.515. The van der Waals surface area contributed by atoms with E-state index in [1.165, 1.54) is 6.42 Å². The largest absolute Gasteiger partial charge is 0.445 e. The standard InChI is InChI=1S/C21H25N3O2/c25-21(26-16-17-6-2-1-3-7-17)24-13-18-9-10-20(15-24)23(12-18)14-19-8-4-5-11-22-19/h1-8,11,18,20H,9-10,12-16H2/t18-,20-/m0/s1. The number of amides is 1. The molecule has 26 heavy (non-hydrogen) atoms. The number of fused-ring (bicyclic) bond motifs is 4. The van der Waals surface area contributed by atoms with Gasteiger partial charge in [0.25, 0.3) is 0 Å². The quantitative estimate of drug-likeness (QED) is 0.848. The van der Waals surface area contributed by atoms with Gasteiger partial charge in [-0.15, -0.1) is 0 Å². The molecule has 5 nitrogen and oxygen atoms in total. The average molecular weight is 351 g/mol. The third kappa shape index (κ3) is 4.05. The monoisotopic (exact) mass is 351 g/mol. The van der Waals surface area contributed by atoms with Crippen LogP contribution in [0.25, 0.3) is 0 Å². The number of hydrogen-bond donors (Lipinski definition) is 0. The van der Waals surface area contributed by atoms with Crippen molar-refractivity contribution in [2.75, 3.05) is 19.6 Å². The predicted molar refractivity (Wildman–Crippen MR) is 99.4 cm³/mol. The number of pyridine rings is 1. The number of carbonyl (C=O) groups excluding carboxylic acids is 1. The van der Waals surface area contributed by atoms with E-state index < -0.39 is 0 Å². The molecule has 0 spiro atoms. The van der Waals surface area contributed by atoms with Crippen LogP contribution in [0.4, 0.5) is 4.79 Å². The molecule has 136 valence electrons. The van der Waals surface area contributed by atoms with Crippen LogP contribution in [-0.4, -0.2) is 46.6 Å². The highest BCUT2D eigenvalue weighted by atomic mass is 16.6. The van der Waals surface area contributed by atoms with Crippen LogP contribution >= 0.6 is 0 Å². The summed E-state index contributed by atoms with van der Waals surface area (Å²) in [5, 5.41) is 0. The second kappa shape index (κ2) is 7.87. The van der Waals surface area contributed by atoms with Gasteiger partial charge in [0.1, 0.15) is 6.61 Å². The summed E-state index contributed by atoms with van der Waals surface area (Å²) in [4.78, 5) is 21.4. The average Bonchev–Trinajstić information content (AvgIpc) is 3.00. The molecule has 1 aromatic heterocycles. The fourth-order valence-electron chi connectivity index (χ4n) is 4.03. The van der Waals surface area contributed by atoms with Gasteiger partial charge in [0, 0.05) is 38.4 Å². The molecule has 0 unspecified atom stereocenters. The first-order chi connectivity index (χ1) is 12.8. The fourth-order valence-corrected chi connectivity index (χ4v) is 4.03. The summed E-state index contributed by atoms with van der Waals surface area (Å²) in [6.45, 7) is 3.77. The van der Waals surface area contributed by atoms with Crippen LogP contribution in [-0.2, 0) is 17.9 Å². The summed E-state index contributed by atoms with van der Waals surface area (Å²) >= 11 is 0. The zero-order chi connectivity index (χ0) is 17.8. The van der Waals surface area contributed by atoms with Crippen molar-refractivity contribution in [1.29, 1.82) is 0 Å². The number of rotatable bonds is 4. The van der Waals surface area contributed by atoms with Gasteiger partial charge in [0.2, 0.25) is 0 Å². The van der Waals surface area contributed by atoms with Crippen LogP contribution in [0.1, 0.15) is 24.1 Å². The van der Waals surface area contributed by atoms with Crippen LogP contribution in [0.3, 0.4) is 0 Å². The van der Waals surface area contributed by atoms with Crippen LogP contribution in [0.5, 0.6) is 0 Å². The highest BCUT2D eigenvalue weighted by molar-refractivity contribution is 5.67. The van der Waals surface area contributed by atoms with Crippen molar-refractivity contribution in [1.82, 2.24) is 14.8 Å². The van der Waals surface area contributed by atoms with Gasteiger partial charge < -0.3 is 9.64 Å². The zero-order valence-corrected chi connectivity index (χ0v) is 15.0. The van der Waals surface area contributed by atoms with E-state index in [4.69, 9.17) is 4.74 Å². The molecule has 1 aromatic carbocycles. The number of hydrogen-bond acceptors (Lipinski definition) is 4. The highest BCUT2D eigenvalue weighted by Crippen LogP contribution is 2.29. The molecular formula is C21H25N3O2. The molecule has 3 aliphatic heterocycles. The van der Waals surface area contributed by atoms with E-state index in [1.54, 1.807) is 0 Å². The normalized spacial score (nSPS) is 22.8. The van der Waals surface area contributed by atoms with Gasteiger partial charge in [-0.05, 0) is 36.5 Å². The molecular weight excluding hydrogens is 326 g/mol. The van der Waals surface area contributed by atoms with Gasteiger partial charge in [0.05, 0.1) is 5.69 Å². The maximum atomic E-state index is 12.6. The predicted octanol–water partition coefficient (Wildman–Crippen LogP) is 3.31. The second-order valence-corrected chi connectivity index (χ2v) is 7.29. The van der Waals surface area contributed by atoms with Gasteiger partial charge in [-0.2, -0.15) is 0 Å². The van der Waals surface area contributed by atoms with Crippen molar-refractivity contribution < 1.29 is 9.53 Å². The molecule has 5 heteroatoms. The minimum atomic E-state index is -0.189. The van der Waals surface area contributed by atoms with E-state index in [1.807, 2.05) is 53.6 Å².